The smallest absolute Gasteiger partial charge is 0.342 e. The Kier molecular flexibility index (Phi) is 4.98. The lowest BCUT2D eigenvalue weighted by atomic mass is 10.2. The van der Waals surface area contributed by atoms with E-state index < -0.39 is 16.0 Å². The summed E-state index contributed by atoms with van der Waals surface area (Å²) in [7, 11) is -4.08. The van der Waals surface area contributed by atoms with Gasteiger partial charge < -0.3 is 9.47 Å². The summed E-state index contributed by atoms with van der Waals surface area (Å²) in [6.07, 6.45) is 0.799. The summed E-state index contributed by atoms with van der Waals surface area (Å²) in [5, 5.41) is 5.84. The van der Waals surface area contributed by atoms with Gasteiger partial charge in [0, 0.05) is 4.47 Å². The number of carbonyl (C=O) groups excluding carboxylic acids is 1. The molecule has 0 radical (unpaired) electrons. The quantitative estimate of drug-likeness (QED) is 0.728. The largest absolute Gasteiger partial charge is 0.487 e. The number of anilines is 1. The molecule has 1 N–H and O–H groups in total. The van der Waals surface area contributed by atoms with Crippen LogP contribution in [0.3, 0.4) is 0 Å². The molecule has 2 aromatic rings. The molecule has 1 atom stereocenters. The van der Waals surface area contributed by atoms with Crippen LogP contribution in [0.2, 0.25) is 0 Å². The van der Waals surface area contributed by atoms with Gasteiger partial charge in [0.15, 0.2) is 5.03 Å². The number of hydrogen-bond acceptors (Lipinski definition) is 6. The number of nitrogens with zero attached hydrogens (tertiary/aromatic N) is 2. The Morgan fingerprint density at radius 2 is 2.23 bits per heavy atom. The standard InChI is InChI=1S/C16H18BrN3O5S/c1-4-24-16(21)11-7-18-19-15(11)26(22,23)20-8-10(3)25-14-5-9(2)12(17)6-13(14)20/h5-7,10H,4,8H2,1-3H3,(H,18,19)/t10-/m0/s1. The lowest BCUT2D eigenvalue weighted by molar-refractivity contribution is 0.0522. The SMILES string of the molecule is CCOC(=O)c1cn[nH]c1S(=O)(=O)N1C[C@H](C)Oc2cc(C)c(Br)cc21. The average molecular weight is 444 g/mol. The first-order chi connectivity index (χ1) is 12.3. The summed E-state index contributed by atoms with van der Waals surface area (Å²) >= 11 is 3.42. The number of H-pyrrole nitrogens is 1. The summed E-state index contributed by atoms with van der Waals surface area (Å²) in [6.45, 7) is 5.55. The van der Waals surface area contributed by atoms with Gasteiger partial charge in [0.2, 0.25) is 0 Å². The number of halogens is 1. The van der Waals surface area contributed by atoms with Crippen LogP contribution in [0.15, 0.2) is 27.8 Å². The van der Waals surface area contributed by atoms with Gasteiger partial charge in [0.25, 0.3) is 10.0 Å². The number of sulfonamides is 1. The van der Waals surface area contributed by atoms with E-state index in [0.29, 0.717) is 11.4 Å². The van der Waals surface area contributed by atoms with Crippen molar-refractivity contribution in [1.82, 2.24) is 10.2 Å². The van der Waals surface area contributed by atoms with Crippen LogP contribution < -0.4 is 9.04 Å². The highest BCUT2D eigenvalue weighted by atomic mass is 79.9. The molecule has 1 aliphatic heterocycles. The number of nitrogens with one attached hydrogen (secondary N) is 1. The number of benzene rings is 1. The number of carbonyl (C=O) groups is 1. The number of rotatable bonds is 4. The highest BCUT2D eigenvalue weighted by molar-refractivity contribution is 9.10. The zero-order valence-electron chi connectivity index (χ0n) is 14.4. The van der Waals surface area contributed by atoms with Crippen LogP contribution in [-0.2, 0) is 14.8 Å². The Morgan fingerprint density at radius 1 is 1.50 bits per heavy atom. The van der Waals surface area contributed by atoms with E-state index in [-0.39, 0.29) is 29.8 Å². The maximum absolute atomic E-state index is 13.3. The fourth-order valence-electron chi connectivity index (χ4n) is 2.68. The minimum atomic E-state index is -4.08. The van der Waals surface area contributed by atoms with Gasteiger partial charge in [-0.15, -0.1) is 0 Å². The fraction of sp³-hybridized carbons (Fsp3) is 0.375. The van der Waals surface area contributed by atoms with Crippen molar-refractivity contribution >= 4 is 37.6 Å². The average Bonchev–Trinajstić information content (AvgIpc) is 3.06. The van der Waals surface area contributed by atoms with Crippen LogP contribution >= 0.6 is 15.9 Å². The summed E-state index contributed by atoms with van der Waals surface area (Å²) in [5.74, 6) is -0.281. The monoisotopic (exact) mass is 443 g/mol. The van der Waals surface area contributed by atoms with Crippen LogP contribution in [0.1, 0.15) is 29.8 Å². The molecule has 0 amide bonds. The molecule has 26 heavy (non-hydrogen) atoms. The Labute approximate surface area is 159 Å². The molecule has 2 heterocycles. The minimum absolute atomic E-state index is 0.103. The molecular formula is C16H18BrN3O5S. The van der Waals surface area contributed by atoms with E-state index in [4.69, 9.17) is 9.47 Å². The van der Waals surface area contributed by atoms with Crippen LogP contribution in [0.4, 0.5) is 5.69 Å². The zero-order valence-corrected chi connectivity index (χ0v) is 16.8. The van der Waals surface area contributed by atoms with E-state index in [0.717, 1.165) is 16.2 Å². The molecule has 0 saturated heterocycles. The third kappa shape index (κ3) is 3.18. The lowest BCUT2D eigenvalue weighted by Gasteiger charge is -2.34. The molecule has 140 valence electrons. The molecule has 0 spiro atoms. The molecule has 0 saturated carbocycles. The van der Waals surface area contributed by atoms with Gasteiger partial charge in [-0.3, -0.25) is 9.40 Å². The normalized spacial score (nSPS) is 16.8. The van der Waals surface area contributed by atoms with Crippen LogP contribution in [0, 0.1) is 6.92 Å². The number of hydrogen-bond donors (Lipinski definition) is 1. The second kappa shape index (κ2) is 6.92. The second-order valence-electron chi connectivity index (χ2n) is 5.87. The summed E-state index contributed by atoms with van der Waals surface area (Å²) in [6, 6.07) is 3.46. The van der Waals surface area contributed by atoms with Gasteiger partial charge in [-0.05, 0) is 38.5 Å². The number of aromatic nitrogens is 2. The van der Waals surface area contributed by atoms with Crippen molar-refractivity contribution in [2.24, 2.45) is 0 Å². The minimum Gasteiger partial charge on any atom is -0.487 e. The summed E-state index contributed by atoms with van der Waals surface area (Å²) < 4.78 is 39.2. The van der Waals surface area contributed by atoms with E-state index in [2.05, 4.69) is 26.1 Å². The maximum atomic E-state index is 13.3. The predicted octanol–water partition coefficient (Wildman–Crippen LogP) is 2.63. The molecule has 0 unspecified atom stereocenters. The molecule has 3 rings (SSSR count). The first-order valence-corrected chi connectivity index (χ1v) is 10.2. The first-order valence-electron chi connectivity index (χ1n) is 7.95. The number of esters is 1. The molecular weight excluding hydrogens is 426 g/mol. The van der Waals surface area contributed by atoms with E-state index in [9.17, 15) is 13.2 Å². The van der Waals surface area contributed by atoms with E-state index in [1.807, 2.05) is 6.92 Å². The number of fused-ring (bicyclic) bond motifs is 1. The van der Waals surface area contributed by atoms with Crippen LogP contribution in [0.5, 0.6) is 5.75 Å². The van der Waals surface area contributed by atoms with Crippen molar-refractivity contribution in [3.63, 3.8) is 0 Å². The van der Waals surface area contributed by atoms with Crippen molar-refractivity contribution in [1.29, 1.82) is 0 Å². The number of aryl methyl sites for hydroxylation is 1. The molecule has 0 bridgehead atoms. The van der Waals surface area contributed by atoms with Crippen molar-refractivity contribution in [3.8, 4) is 5.75 Å². The molecule has 0 aliphatic carbocycles. The van der Waals surface area contributed by atoms with Crippen molar-refractivity contribution in [3.05, 3.63) is 33.9 Å². The van der Waals surface area contributed by atoms with Crippen LogP contribution in [0.25, 0.3) is 0 Å². The number of aromatic amines is 1. The van der Waals surface area contributed by atoms with Gasteiger partial charge in [-0.2, -0.15) is 13.5 Å². The van der Waals surface area contributed by atoms with Gasteiger partial charge >= 0.3 is 5.97 Å². The lowest BCUT2D eigenvalue weighted by Crippen LogP contribution is -2.42. The van der Waals surface area contributed by atoms with Crippen molar-refractivity contribution in [2.45, 2.75) is 31.9 Å². The summed E-state index contributed by atoms with van der Waals surface area (Å²) in [5.41, 5.74) is 1.19. The molecule has 1 aliphatic rings. The van der Waals surface area contributed by atoms with Crippen molar-refractivity contribution < 1.29 is 22.7 Å². The Bertz CT molecular complexity index is 957. The fourth-order valence-corrected chi connectivity index (χ4v) is 4.62. The third-order valence-corrected chi connectivity index (χ3v) is 6.52. The topological polar surface area (TPSA) is 102 Å². The third-order valence-electron chi connectivity index (χ3n) is 3.91. The van der Waals surface area contributed by atoms with Crippen molar-refractivity contribution in [2.75, 3.05) is 17.5 Å². The molecule has 10 heteroatoms. The second-order valence-corrected chi connectivity index (χ2v) is 8.52. The predicted molar refractivity (Wildman–Crippen MR) is 98.0 cm³/mol. The molecule has 1 aromatic heterocycles. The summed E-state index contributed by atoms with van der Waals surface area (Å²) in [4.78, 5) is 12.1. The van der Waals surface area contributed by atoms with Gasteiger partial charge in [-0.25, -0.2) is 4.79 Å². The van der Waals surface area contributed by atoms with E-state index in [1.54, 1.807) is 26.0 Å². The molecule has 8 nitrogen and oxygen atoms in total. The van der Waals surface area contributed by atoms with E-state index in [1.165, 1.54) is 4.31 Å². The van der Waals surface area contributed by atoms with Gasteiger partial charge in [0.05, 0.1) is 25.0 Å². The maximum Gasteiger partial charge on any atom is 0.342 e. The van der Waals surface area contributed by atoms with Gasteiger partial charge in [-0.1, -0.05) is 15.9 Å². The van der Waals surface area contributed by atoms with Gasteiger partial charge in [0.1, 0.15) is 17.4 Å². The Morgan fingerprint density at radius 3 is 2.92 bits per heavy atom. The zero-order chi connectivity index (χ0) is 19.1. The Hall–Kier alpha value is -2.07. The Balaban J connectivity index is 2.11. The highest BCUT2D eigenvalue weighted by Crippen LogP contribution is 2.40. The molecule has 1 aromatic carbocycles. The van der Waals surface area contributed by atoms with E-state index >= 15 is 0 Å². The first kappa shape index (κ1) is 18.7. The van der Waals surface area contributed by atoms with Crippen LogP contribution in [-0.4, -0.2) is 43.8 Å². The highest BCUT2D eigenvalue weighted by Gasteiger charge is 2.37. The number of ether oxygens (including phenoxy) is 2. The molecule has 0 fully saturated rings.